The van der Waals surface area contributed by atoms with Gasteiger partial charge in [0, 0.05) is 19.6 Å². The zero-order valence-corrected chi connectivity index (χ0v) is 13.2. The lowest BCUT2D eigenvalue weighted by molar-refractivity contribution is -0.126. The van der Waals surface area contributed by atoms with Crippen LogP contribution in [0.5, 0.6) is 5.75 Å². The second-order valence-corrected chi connectivity index (χ2v) is 6.14. The van der Waals surface area contributed by atoms with Crippen LogP contribution in [0.15, 0.2) is 24.3 Å². The monoisotopic (exact) mass is 303 g/mol. The largest absolute Gasteiger partial charge is 0.497 e. The molecule has 1 aromatic carbocycles. The predicted octanol–water partition coefficient (Wildman–Crippen LogP) is 1.17. The molecule has 0 radical (unpaired) electrons. The van der Waals surface area contributed by atoms with E-state index in [2.05, 4.69) is 27.7 Å². The average molecular weight is 303 g/mol. The van der Waals surface area contributed by atoms with Gasteiger partial charge in [-0.25, -0.2) is 0 Å². The summed E-state index contributed by atoms with van der Waals surface area (Å²) in [6.07, 6.45) is 2.47. The molecule has 22 heavy (non-hydrogen) atoms. The van der Waals surface area contributed by atoms with Crippen molar-refractivity contribution in [1.29, 1.82) is 0 Å². The zero-order valence-electron chi connectivity index (χ0n) is 13.2. The summed E-state index contributed by atoms with van der Waals surface area (Å²) in [7, 11) is 1.69. The molecule has 0 bridgehead atoms. The molecule has 120 valence electrons. The van der Waals surface area contributed by atoms with Crippen molar-refractivity contribution in [1.82, 2.24) is 15.5 Å². The van der Waals surface area contributed by atoms with Crippen LogP contribution in [0.3, 0.4) is 0 Å². The number of amides is 1. The number of benzene rings is 1. The van der Waals surface area contributed by atoms with E-state index in [1.54, 1.807) is 7.11 Å². The molecule has 0 saturated carbocycles. The summed E-state index contributed by atoms with van der Waals surface area (Å²) in [6.45, 7) is 4.48. The number of hydrogen-bond donors (Lipinski definition) is 2. The molecular formula is C17H25N3O2. The van der Waals surface area contributed by atoms with Gasteiger partial charge in [0.05, 0.1) is 19.1 Å². The predicted molar refractivity (Wildman–Crippen MR) is 85.9 cm³/mol. The molecule has 0 aliphatic carbocycles. The van der Waals surface area contributed by atoms with Crippen LogP contribution >= 0.6 is 0 Å². The lowest BCUT2D eigenvalue weighted by atomic mass is 10.0. The van der Waals surface area contributed by atoms with Gasteiger partial charge in [0.25, 0.3) is 0 Å². The quantitative estimate of drug-likeness (QED) is 0.828. The number of nitrogens with one attached hydrogen (secondary N) is 2. The van der Waals surface area contributed by atoms with Gasteiger partial charge in [0.15, 0.2) is 0 Å². The van der Waals surface area contributed by atoms with Crippen molar-refractivity contribution in [2.75, 3.05) is 39.8 Å². The van der Waals surface area contributed by atoms with E-state index in [-0.39, 0.29) is 17.9 Å². The Balaban J connectivity index is 1.69. The van der Waals surface area contributed by atoms with Gasteiger partial charge in [-0.15, -0.1) is 0 Å². The van der Waals surface area contributed by atoms with E-state index in [4.69, 9.17) is 4.74 Å². The van der Waals surface area contributed by atoms with Gasteiger partial charge >= 0.3 is 0 Å². The highest BCUT2D eigenvalue weighted by Crippen LogP contribution is 2.27. The fraction of sp³-hybridized carbons (Fsp3) is 0.588. The van der Waals surface area contributed by atoms with Crippen molar-refractivity contribution in [3.05, 3.63) is 29.8 Å². The fourth-order valence-corrected chi connectivity index (χ4v) is 3.18. The maximum atomic E-state index is 12.1. The van der Waals surface area contributed by atoms with Crippen LogP contribution in [0.4, 0.5) is 0 Å². The van der Waals surface area contributed by atoms with Gasteiger partial charge in [-0.2, -0.15) is 0 Å². The SMILES string of the molecule is COc1cccc(C(CNC(=O)C2CNC2)N2CCCC2)c1. The Labute approximate surface area is 132 Å². The van der Waals surface area contributed by atoms with Gasteiger partial charge in [0.1, 0.15) is 5.75 Å². The van der Waals surface area contributed by atoms with Crippen molar-refractivity contribution in [3.63, 3.8) is 0 Å². The first-order valence-corrected chi connectivity index (χ1v) is 8.14. The van der Waals surface area contributed by atoms with Gasteiger partial charge in [-0.3, -0.25) is 9.69 Å². The van der Waals surface area contributed by atoms with Crippen LogP contribution in [0, 0.1) is 5.92 Å². The summed E-state index contributed by atoms with van der Waals surface area (Å²) >= 11 is 0. The molecule has 0 spiro atoms. The number of carbonyl (C=O) groups excluding carboxylic acids is 1. The fourth-order valence-electron chi connectivity index (χ4n) is 3.18. The second-order valence-electron chi connectivity index (χ2n) is 6.14. The Morgan fingerprint density at radius 3 is 2.82 bits per heavy atom. The minimum atomic E-state index is 0.143. The molecule has 2 fully saturated rings. The lowest BCUT2D eigenvalue weighted by Crippen LogP contribution is -2.51. The zero-order chi connectivity index (χ0) is 15.4. The maximum Gasteiger partial charge on any atom is 0.225 e. The summed E-state index contributed by atoms with van der Waals surface area (Å²) in [6, 6.07) is 8.43. The van der Waals surface area contributed by atoms with E-state index in [9.17, 15) is 4.79 Å². The van der Waals surface area contributed by atoms with Gasteiger partial charge < -0.3 is 15.4 Å². The van der Waals surface area contributed by atoms with Crippen molar-refractivity contribution in [2.24, 2.45) is 5.92 Å². The third-order valence-corrected chi connectivity index (χ3v) is 4.68. The highest BCUT2D eigenvalue weighted by atomic mass is 16.5. The molecule has 1 aromatic rings. The molecule has 5 heteroatoms. The Kier molecular flexibility index (Phi) is 4.95. The molecular weight excluding hydrogens is 278 g/mol. The molecule has 1 unspecified atom stereocenters. The van der Waals surface area contributed by atoms with E-state index >= 15 is 0 Å². The number of nitrogens with zero attached hydrogens (tertiary/aromatic N) is 1. The van der Waals surface area contributed by atoms with Crippen LogP contribution < -0.4 is 15.4 Å². The molecule has 5 nitrogen and oxygen atoms in total. The van der Waals surface area contributed by atoms with Crippen LogP contribution in [-0.4, -0.2) is 50.6 Å². The highest BCUT2D eigenvalue weighted by molar-refractivity contribution is 5.80. The number of likely N-dealkylation sites (tertiary alicyclic amines) is 1. The summed E-state index contributed by atoms with van der Waals surface area (Å²) < 4.78 is 5.34. The Morgan fingerprint density at radius 2 is 2.18 bits per heavy atom. The molecule has 0 aromatic heterocycles. The standard InChI is InChI=1S/C17H25N3O2/c1-22-15-6-4-5-13(9-15)16(20-7-2-3-8-20)12-19-17(21)14-10-18-11-14/h4-6,9,14,16,18H,2-3,7-8,10-12H2,1H3,(H,19,21). The topological polar surface area (TPSA) is 53.6 Å². The molecule has 2 N–H and O–H groups in total. The van der Waals surface area contributed by atoms with Crippen LogP contribution in [0.25, 0.3) is 0 Å². The van der Waals surface area contributed by atoms with Crippen molar-refractivity contribution in [2.45, 2.75) is 18.9 Å². The number of rotatable bonds is 6. The van der Waals surface area contributed by atoms with E-state index in [0.717, 1.165) is 31.9 Å². The minimum Gasteiger partial charge on any atom is -0.497 e. The van der Waals surface area contributed by atoms with E-state index in [1.807, 2.05) is 12.1 Å². The first-order valence-electron chi connectivity index (χ1n) is 8.14. The summed E-state index contributed by atoms with van der Waals surface area (Å²) in [5, 5.41) is 6.28. The third kappa shape index (κ3) is 3.42. The first-order chi connectivity index (χ1) is 10.8. The Hall–Kier alpha value is -1.59. The lowest BCUT2D eigenvalue weighted by Gasteiger charge is -2.31. The van der Waals surface area contributed by atoms with Crippen LogP contribution in [-0.2, 0) is 4.79 Å². The summed E-state index contributed by atoms with van der Waals surface area (Å²) in [5.41, 5.74) is 1.22. The molecule has 2 aliphatic heterocycles. The third-order valence-electron chi connectivity index (χ3n) is 4.68. The van der Waals surface area contributed by atoms with E-state index < -0.39 is 0 Å². The number of carbonyl (C=O) groups is 1. The molecule has 1 amide bonds. The molecule has 3 rings (SSSR count). The van der Waals surface area contributed by atoms with Crippen molar-refractivity contribution >= 4 is 5.91 Å². The minimum absolute atomic E-state index is 0.143. The number of ether oxygens (including phenoxy) is 1. The Morgan fingerprint density at radius 1 is 1.41 bits per heavy atom. The van der Waals surface area contributed by atoms with Crippen molar-refractivity contribution in [3.8, 4) is 5.75 Å². The van der Waals surface area contributed by atoms with Gasteiger partial charge in [-0.05, 0) is 43.6 Å². The number of methoxy groups -OCH3 is 1. The maximum absolute atomic E-state index is 12.1. The first kappa shape index (κ1) is 15.3. The average Bonchev–Trinajstić information content (AvgIpc) is 3.00. The molecule has 2 aliphatic rings. The molecule has 2 heterocycles. The summed E-state index contributed by atoms with van der Waals surface area (Å²) in [5.74, 6) is 1.19. The van der Waals surface area contributed by atoms with Crippen LogP contribution in [0.1, 0.15) is 24.4 Å². The molecule has 1 atom stereocenters. The Bertz CT molecular complexity index is 510. The van der Waals surface area contributed by atoms with E-state index in [0.29, 0.717) is 6.54 Å². The van der Waals surface area contributed by atoms with Gasteiger partial charge in [0.2, 0.25) is 5.91 Å². The van der Waals surface area contributed by atoms with Gasteiger partial charge in [-0.1, -0.05) is 12.1 Å². The number of hydrogen-bond acceptors (Lipinski definition) is 4. The second kappa shape index (κ2) is 7.11. The normalized spacial score (nSPS) is 20.4. The van der Waals surface area contributed by atoms with Crippen LogP contribution in [0.2, 0.25) is 0 Å². The van der Waals surface area contributed by atoms with Crippen molar-refractivity contribution < 1.29 is 9.53 Å². The molecule has 2 saturated heterocycles. The highest BCUT2D eigenvalue weighted by Gasteiger charge is 2.28. The van der Waals surface area contributed by atoms with E-state index in [1.165, 1.54) is 18.4 Å². The smallest absolute Gasteiger partial charge is 0.225 e. The summed E-state index contributed by atoms with van der Waals surface area (Å²) in [4.78, 5) is 14.6.